The van der Waals surface area contributed by atoms with Gasteiger partial charge in [0.15, 0.2) is 0 Å². The number of benzene rings is 2. The van der Waals surface area contributed by atoms with Crippen LogP contribution in [0, 0.1) is 11.8 Å². The lowest BCUT2D eigenvalue weighted by Crippen LogP contribution is -2.27. The van der Waals surface area contributed by atoms with Crippen molar-refractivity contribution in [2.24, 2.45) is 11.8 Å². The van der Waals surface area contributed by atoms with Crippen LogP contribution >= 0.6 is 0 Å². The van der Waals surface area contributed by atoms with E-state index in [0.717, 1.165) is 31.2 Å². The van der Waals surface area contributed by atoms with E-state index in [1.807, 2.05) is 30.3 Å². The maximum atomic E-state index is 12.6. The van der Waals surface area contributed by atoms with Gasteiger partial charge in [-0.15, -0.1) is 0 Å². The van der Waals surface area contributed by atoms with Crippen molar-refractivity contribution in [1.82, 2.24) is 0 Å². The predicted octanol–water partition coefficient (Wildman–Crippen LogP) is 4.82. The van der Waals surface area contributed by atoms with E-state index in [9.17, 15) is 9.59 Å². The Balaban J connectivity index is 1.71. The molecule has 0 saturated heterocycles. The number of hydrogen-bond donors (Lipinski definition) is 1. The van der Waals surface area contributed by atoms with Crippen molar-refractivity contribution in [3.05, 3.63) is 59.7 Å². The minimum Gasteiger partial charge on any atom is -0.489 e. The first-order valence-corrected chi connectivity index (χ1v) is 9.76. The van der Waals surface area contributed by atoms with E-state index in [2.05, 4.69) is 12.2 Å². The Kier molecular flexibility index (Phi) is 6.69. The number of hydrogen-bond acceptors (Lipinski definition) is 4. The highest BCUT2D eigenvalue weighted by Crippen LogP contribution is 2.30. The van der Waals surface area contributed by atoms with Crippen LogP contribution in [0.1, 0.15) is 48.5 Å². The molecular weight excluding hydrogens is 354 g/mol. The summed E-state index contributed by atoms with van der Waals surface area (Å²) in [5, 5.41) is 2.92. The maximum Gasteiger partial charge on any atom is 0.340 e. The second kappa shape index (κ2) is 9.40. The van der Waals surface area contributed by atoms with Crippen LogP contribution in [0.4, 0.5) is 5.69 Å². The molecule has 5 heteroatoms. The first-order valence-electron chi connectivity index (χ1n) is 9.76. The molecule has 0 aromatic heterocycles. The molecule has 1 saturated carbocycles. The van der Waals surface area contributed by atoms with Crippen molar-refractivity contribution in [3.8, 4) is 5.75 Å². The van der Waals surface area contributed by atoms with Crippen molar-refractivity contribution < 1.29 is 19.1 Å². The standard InChI is InChI=1S/C23H27NO4/c1-16-8-10-18(11-9-16)22(25)24-21-13-12-19(14-20(21)23(26)27-2)28-15-17-6-4-3-5-7-17/h3-7,12-14,16,18H,8-11,15H2,1-2H3,(H,24,25)/t16-,18-. The van der Waals surface area contributed by atoms with Gasteiger partial charge in [0.1, 0.15) is 12.4 Å². The molecule has 0 bridgehead atoms. The van der Waals surface area contributed by atoms with Crippen LogP contribution < -0.4 is 10.1 Å². The van der Waals surface area contributed by atoms with Gasteiger partial charge in [0.05, 0.1) is 18.4 Å². The third-order valence-corrected chi connectivity index (χ3v) is 5.29. The maximum absolute atomic E-state index is 12.6. The highest BCUT2D eigenvalue weighted by molar-refractivity contribution is 6.02. The predicted molar refractivity (Wildman–Crippen MR) is 108 cm³/mol. The van der Waals surface area contributed by atoms with Crippen LogP contribution in [0.2, 0.25) is 0 Å². The fourth-order valence-electron chi connectivity index (χ4n) is 3.50. The average molecular weight is 381 g/mol. The summed E-state index contributed by atoms with van der Waals surface area (Å²) >= 11 is 0. The number of ether oxygens (including phenoxy) is 2. The van der Waals surface area contributed by atoms with E-state index in [0.29, 0.717) is 29.5 Å². The summed E-state index contributed by atoms with van der Waals surface area (Å²) < 4.78 is 10.7. The largest absolute Gasteiger partial charge is 0.489 e. The van der Waals surface area contributed by atoms with Crippen LogP contribution in [0.3, 0.4) is 0 Å². The molecule has 28 heavy (non-hydrogen) atoms. The molecule has 0 atom stereocenters. The van der Waals surface area contributed by atoms with Gasteiger partial charge in [0.2, 0.25) is 5.91 Å². The summed E-state index contributed by atoms with van der Waals surface area (Å²) in [5.41, 5.74) is 1.79. The molecule has 1 N–H and O–H groups in total. The van der Waals surface area contributed by atoms with E-state index >= 15 is 0 Å². The zero-order valence-corrected chi connectivity index (χ0v) is 16.4. The highest BCUT2D eigenvalue weighted by Gasteiger charge is 2.25. The quantitative estimate of drug-likeness (QED) is 0.729. The van der Waals surface area contributed by atoms with Crippen molar-refractivity contribution >= 4 is 17.6 Å². The molecule has 1 fully saturated rings. The van der Waals surface area contributed by atoms with E-state index in [1.165, 1.54) is 7.11 Å². The summed E-state index contributed by atoms with van der Waals surface area (Å²) in [4.78, 5) is 24.9. The number of methoxy groups -OCH3 is 1. The Bertz CT molecular complexity index is 811. The van der Waals surface area contributed by atoms with Gasteiger partial charge < -0.3 is 14.8 Å². The fraction of sp³-hybridized carbons (Fsp3) is 0.391. The van der Waals surface area contributed by atoms with E-state index in [4.69, 9.17) is 9.47 Å². The van der Waals surface area contributed by atoms with Gasteiger partial charge in [0, 0.05) is 5.92 Å². The molecule has 0 heterocycles. The monoisotopic (exact) mass is 381 g/mol. The van der Waals surface area contributed by atoms with Crippen LogP contribution in [0.15, 0.2) is 48.5 Å². The molecule has 1 amide bonds. The highest BCUT2D eigenvalue weighted by atomic mass is 16.5. The molecule has 2 aromatic carbocycles. The molecule has 0 radical (unpaired) electrons. The number of carbonyl (C=O) groups is 2. The van der Waals surface area contributed by atoms with E-state index in [1.54, 1.807) is 18.2 Å². The lowest BCUT2D eigenvalue weighted by Gasteiger charge is -2.25. The zero-order valence-electron chi connectivity index (χ0n) is 16.4. The Labute approximate surface area is 166 Å². The molecule has 1 aliphatic carbocycles. The lowest BCUT2D eigenvalue weighted by molar-refractivity contribution is -0.121. The summed E-state index contributed by atoms with van der Waals surface area (Å²) in [5.74, 6) is 0.688. The van der Waals surface area contributed by atoms with Crippen molar-refractivity contribution in [2.75, 3.05) is 12.4 Å². The number of carbonyl (C=O) groups excluding carboxylic acids is 2. The molecular formula is C23H27NO4. The third-order valence-electron chi connectivity index (χ3n) is 5.29. The van der Waals surface area contributed by atoms with Gasteiger partial charge in [-0.2, -0.15) is 0 Å². The van der Waals surface area contributed by atoms with Gasteiger partial charge in [-0.25, -0.2) is 4.79 Å². The van der Waals surface area contributed by atoms with Crippen LogP contribution in [-0.2, 0) is 16.1 Å². The summed E-state index contributed by atoms with van der Waals surface area (Å²) in [6.45, 7) is 2.62. The Hall–Kier alpha value is -2.82. The zero-order chi connectivity index (χ0) is 19.9. The van der Waals surface area contributed by atoms with Crippen LogP contribution in [0.25, 0.3) is 0 Å². The van der Waals surface area contributed by atoms with Crippen LogP contribution in [0.5, 0.6) is 5.75 Å². The molecule has 1 aliphatic rings. The van der Waals surface area contributed by atoms with Gasteiger partial charge in [-0.1, -0.05) is 37.3 Å². The van der Waals surface area contributed by atoms with Gasteiger partial charge in [-0.3, -0.25) is 4.79 Å². The smallest absolute Gasteiger partial charge is 0.340 e. The number of amides is 1. The molecule has 0 spiro atoms. The molecule has 3 rings (SSSR count). The average Bonchev–Trinajstić information content (AvgIpc) is 2.73. The normalized spacial score (nSPS) is 18.9. The fourth-order valence-corrected chi connectivity index (χ4v) is 3.50. The number of esters is 1. The van der Waals surface area contributed by atoms with Crippen molar-refractivity contribution in [2.45, 2.75) is 39.2 Å². The first-order chi connectivity index (χ1) is 13.6. The van der Waals surface area contributed by atoms with Gasteiger partial charge in [-0.05, 0) is 55.4 Å². The van der Waals surface area contributed by atoms with Crippen LogP contribution in [-0.4, -0.2) is 19.0 Å². The molecule has 148 valence electrons. The minimum absolute atomic E-state index is 0.00398. The second-order valence-electron chi connectivity index (χ2n) is 7.42. The van der Waals surface area contributed by atoms with Crippen molar-refractivity contribution in [1.29, 1.82) is 0 Å². The summed E-state index contributed by atoms with van der Waals surface area (Å²) in [6.07, 6.45) is 3.90. The molecule has 5 nitrogen and oxygen atoms in total. The molecule has 2 aromatic rings. The number of rotatable bonds is 6. The van der Waals surface area contributed by atoms with E-state index in [-0.39, 0.29) is 11.8 Å². The second-order valence-corrected chi connectivity index (χ2v) is 7.42. The minimum atomic E-state index is -0.502. The summed E-state index contributed by atoms with van der Waals surface area (Å²) in [7, 11) is 1.33. The summed E-state index contributed by atoms with van der Waals surface area (Å²) in [6, 6.07) is 14.9. The van der Waals surface area contributed by atoms with Gasteiger partial charge in [0.25, 0.3) is 0 Å². The lowest BCUT2D eigenvalue weighted by atomic mass is 9.82. The SMILES string of the molecule is COC(=O)c1cc(OCc2ccccc2)ccc1NC(=O)[C@H]1CC[C@H](C)CC1. The molecule has 0 aliphatic heterocycles. The van der Waals surface area contributed by atoms with E-state index < -0.39 is 5.97 Å². The Morgan fingerprint density at radius 3 is 2.43 bits per heavy atom. The molecule has 0 unspecified atom stereocenters. The Morgan fingerprint density at radius 1 is 1.04 bits per heavy atom. The number of anilines is 1. The first kappa shape index (κ1) is 19.9. The van der Waals surface area contributed by atoms with Gasteiger partial charge >= 0.3 is 5.97 Å². The number of nitrogens with one attached hydrogen (secondary N) is 1. The Morgan fingerprint density at radius 2 is 1.75 bits per heavy atom. The van der Waals surface area contributed by atoms with Crippen molar-refractivity contribution in [3.63, 3.8) is 0 Å². The topological polar surface area (TPSA) is 64.6 Å². The third kappa shape index (κ3) is 5.12.